The molecule has 3 aromatic rings. The monoisotopic (exact) mass is 280 g/mol. The molecule has 0 aliphatic carbocycles. The number of anilines is 1. The first-order valence-electron chi connectivity index (χ1n) is 6.01. The highest BCUT2D eigenvalue weighted by atomic mass is 19.1. The van der Waals surface area contributed by atoms with E-state index in [0.717, 1.165) is 0 Å². The van der Waals surface area contributed by atoms with E-state index in [2.05, 4.69) is 15.1 Å². The van der Waals surface area contributed by atoms with Gasteiger partial charge in [0.05, 0.1) is 0 Å². The van der Waals surface area contributed by atoms with Gasteiger partial charge in [0.25, 0.3) is 0 Å². The first-order chi connectivity index (χ1) is 10.2. The molecule has 1 aromatic carbocycles. The molecule has 0 bridgehead atoms. The third-order valence-corrected chi connectivity index (χ3v) is 2.91. The molecule has 0 amide bonds. The van der Waals surface area contributed by atoms with Crippen LogP contribution in [0.3, 0.4) is 0 Å². The third kappa shape index (κ3) is 2.19. The predicted molar refractivity (Wildman–Crippen MR) is 73.7 cm³/mol. The average molecular weight is 280 g/mol. The Morgan fingerprint density at radius 1 is 1.29 bits per heavy atom. The molecule has 3 rings (SSSR count). The molecule has 0 aliphatic heterocycles. The van der Waals surface area contributed by atoms with Crippen molar-refractivity contribution in [1.82, 2.24) is 19.7 Å². The van der Waals surface area contributed by atoms with Crippen molar-refractivity contribution in [3.05, 3.63) is 54.2 Å². The molecule has 0 aliphatic rings. The van der Waals surface area contributed by atoms with Gasteiger partial charge in [-0.05, 0) is 12.1 Å². The number of aromatic nitrogens is 4. The summed E-state index contributed by atoms with van der Waals surface area (Å²) in [5.41, 5.74) is 6.92. The molecule has 0 saturated heterocycles. The Morgan fingerprint density at radius 2 is 2.14 bits per heavy atom. The number of nitrogens with two attached hydrogens (primary N) is 1. The molecular formula is C14H9FN6. The van der Waals surface area contributed by atoms with E-state index in [1.54, 1.807) is 18.2 Å². The molecule has 2 aromatic heterocycles. The number of nitriles is 1. The van der Waals surface area contributed by atoms with E-state index in [1.165, 1.54) is 29.3 Å². The zero-order chi connectivity index (χ0) is 14.8. The van der Waals surface area contributed by atoms with E-state index in [0.29, 0.717) is 17.1 Å². The van der Waals surface area contributed by atoms with Gasteiger partial charge in [0.1, 0.15) is 35.3 Å². The van der Waals surface area contributed by atoms with Crippen LogP contribution >= 0.6 is 0 Å². The van der Waals surface area contributed by atoms with Crippen LogP contribution in [0.5, 0.6) is 0 Å². The minimum absolute atomic E-state index is 0.149. The Balaban J connectivity index is 2.22. The second-order valence-corrected chi connectivity index (χ2v) is 4.21. The maximum absolute atomic E-state index is 13.3. The Kier molecular flexibility index (Phi) is 3.04. The molecule has 0 atom stereocenters. The van der Waals surface area contributed by atoms with Gasteiger partial charge >= 0.3 is 0 Å². The molecule has 0 radical (unpaired) electrons. The number of halogens is 1. The summed E-state index contributed by atoms with van der Waals surface area (Å²) in [6.07, 6.45) is 2.89. The normalized spacial score (nSPS) is 10.3. The van der Waals surface area contributed by atoms with Gasteiger partial charge in [-0.1, -0.05) is 12.1 Å². The summed E-state index contributed by atoms with van der Waals surface area (Å²) >= 11 is 0. The van der Waals surface area contributed by atoms with E-state index in [4.69, 9.17) is 5.73 Å². The van der Waals surface area contributed by atoms with Gasteiger partial charge in [0, 0.05) is 17.8 Å². The highest BCUT2D eigenvalue weighted by Gasteiger charge is 2.18. The Bertz CT molecular complexity index is 834. The van der Waals surface area contributed by atoms with Crippen LogP contribution in [0.4, 0.5) is 10.2 Å². The predicted octanol–water partition coefficient (Wildman–Crippen LogP) is 1.92. The Morgan fingerprint density at radius 3 is 2.81 bits per heavy atom. The van der Waals surface area contributed by atoms with Crippen LogP contribution in [0, 0.1) is 17.1 Å². The Labute approximate surface area is 119 Å². The van der Waals surface area contributed by atoms with Crippen LogP contribution in [0.15, 0.2) is 42.9 Å². The van der Waals surface area contributed by atoms with E-state index in [1.807, 2.05) is 6.07 Å². The lowest BCUT2D eigenvalue weighted by atomic mass is 10.1. The van der Waals surface area contributed by atoms with Crippen molar-refractivity contribution in [2.24, 2.45) is 0 Å². The highest BCUT2D eigenvalue weighted by Crippen LogP contribution is 2.28. The van der Waals surface area contributed by atoms with Gasteiger partial charge in [-0.3, -0.25) is 0 Å². The number of hydrogen-bond acceptors (Lipinski definition) is 5. The molecule has 2 heterocycles. The third-order valence-electron chi connectivity index (χ3n) is 2.91. The van der Waals surface area contributed by atoms with E-state index in [-0.39, 0.29) is 11.4 Å². The summed E-state index contributed by atoms with van der Waals surface area (Å²) in [6, 6.07) is 9.44. The van der Waals surface area contributed by atoms with Crippen molar-refractivity contribution in [2.45, 2.75) is 0 Å². The van der Waals surface area contributed by atoms with Gasteiger partial charge in [0.2, 0.25) is 0 Å². The van der Waals surface area contributed by atoms with Crippen LogP contribution in [0.2, 0.25) is 0 Å². The lowest BCUT2D eigenvalue weighted by Gasteiger charge is -2.00. The molecule has 6 nitrogen and oxygen atoms in total. The molecule has 0 spiro atoms. The minimum Gasteiger partial charge on any atom is -0.382 e. The second kappa shape index (κ2) is 5.02. The average Bonchev–Trinajstić information content (AvgIpc) is 2.85. The van der Waals surface area contributed by atoms with Crippen molar-refractivity contribution in [3.63, 3.8) is 0 Å². The summed E-state index contributed by atoms with van der Waals surface area (Å²) in [7, 11) is 0. The number of nitrogens with zero attached hydrogens (tertiary/aromatic N) is 5. The number of nitrogen functional groups attached to an aromatic ring is 1. The zero-order valence-corrected chi connectivity index (χ0v) is 10.7. The van der Waals surface area contributed by atoms with Crippen LogP contribution in [0.1, 0.15) is 5.56 Å². The van der Waals surface area contributed by atoms with Crippen LogP contribution in [0.25, 0.3) is 17.1 Å². The lowest BCUT2D eigenvalue weighted by molar-refractivity contribution is 0.628. The number of benzene rings is 1. The molecule has 0 unspecified atom stereocenters. The van der Waals surface area contributed by atoms with E-state index >= 15 is 0 Å². The Hall–Kier alpha value is -3.27. The topological polar surface area (TPSA) is 93.4 Å². The van der Waals surface area contributed by atoms with Gasteiger partial charge in [-0.25, -0.2) is 14.4 Å². The fraction of sp³-hybridized carbons (Fsp3) is 0. The largest absolute Gasteiger partial charge is 0.382 e. The molecule has 0 saturated carbocycles. The van der Waals surface area contributed by atoms with Gasteiger partial charge in [0.15, 0.2) is 5.82 Å². The van der Waals surface area contributed by atoms with Crippen molar-refractivity contribution >= 4 is 5.82 Å². The number of hydrogen-bond donors (Lipinski definition) is 1. The van der Waals surface area contributed by atoms with E-state index in [9.17, 15) is 9.65 Å². The van der Waals surface area contributed by atoms with Crippen molar-refractivity contribution in [1.29, 1.82) is 5.26 Å². The van der Waals surface area contributed by atoms with Crippen molar-refractivity contribution in [2.75, 3.05) is 5.73 Å². The quantitative estimate of drug-likeness (QED) is 0.774. The summed E-state index contributed by atoms with van der Waals surface area (Å²) < 4.78 is 14.7. The summed E-state index contributed by atoms with van der Waals surface area (Å²) in [5, 5.41) is 13.6. The minimum atomic E-state index is -0.411. The second-order valence-electron chi connectivity index (χ2n) is 4.21. The maximum atomic E-state index is 13.3. The zero-order valence-electron chi connectivity index (χ0n) is 10.7. The van der Waals surface area contributed by atoms with Crippen LogP contribution in [-0.2, 0) is 0 Å². The van der Waals surface area contributed by atoms with Crippen LogP contribution < -0.4 is 5.73 Å². The fourth-order valence-electron chi connectivity index (χ4n) is 1.96. The lowest BCUT2D eigenvalue weighted by Crippen LogP contribution is -2.04. The first kappa shape index (κ1) is 12.7. The fourth-order valence-corrected chi connectivity index (χ4v) is 1.96. The smallest absolute Gasteiger partial charge is 0.159 e. The van der Waals surface area contributed by atoms with Crippen molar-refractivity contribution < 1.29 is 4.39 Å². The molecule has 7 heteroatoms. The van der Waals surface area contributed by atoms with Gasteiger partial charge in [-0.2, -0.15) is 15.0 Å². The molecule has 2 N–H and O–H groups in total. The molecule has 102 valence electrons. The van der Waals surface area contributed by atoms with Gasteiger partial charge < -0.3 is 5.73 Å². The summed E-state index contributed by atoms with van der Waals surface area (Å²) in [4.78, 5) is 7.85. The SMILES string of the molecule is N#Cc1c(-c2cccc(F)c2)nn(-c2ccncn2)c1N. The molecular weight excluding hydrogens is 271 g/mol. The summed E-state index contributed by atoms with van der Waals surface area (Å²) in [5.74, 6) is 0.170. The van der Waals surface area contributed by atoms with Crippen LogP contribution in [-0.4, -0.2) is 19.7 Å². The molecule has 21 heavy (non-hydrogen) atoms. The standard InChI is InChI=1S/C14H9FN6/c15-10-3-1-2-9(6-10)13-11(7-16)14(17)21(20-13)12-4-5-18-8-19-12/h1-6,8H,17H2. The van der Waals surface area contributed by atoms with E-state index < -0.39 is 5.82 Å². The first-order valence-corrected chi connectivity index (χ1v) is 6.01. The number of rotatable bonds is 2. The van der Waals surface area contributed by atoms with Crippen molar-refractivity contribution in [3.8, 4) is 23.1 Å². The summed E-state index contributed by atoms with van der Waals surface area (Å²) in [6.45, 7) is 0. The maximum Gasteiger partial charge on any atom is 0.159 e. The highest BCUT2D eigenvalue weighted by molar-refractivity contribution is 5.73. The molecule has 0 fully saturated rings. The van der Waals surface area contributed by atoms with Gasteiger partial charge in [-0.15, -0.1) is 0 Å².